The van der Waals surface area contributed by atoms with Crippen LogP contribution in [0.1, 0.15) is 21.9 Å². The van der Waals surface area contributed by atoms with Gasteiger partial charge in [0.15, 0.2) is 5.16 Å². The topological polar surface area (TPSA) is 38.1 Å². The van der Waals surface area contributed by atoms with Gasteiger partial charge in [0, 0.05) is 32.2 Å². The van der Waals surface area contributed by atoms with Gasteiger partial charge in [0.1, 0.15) is 5.25 Å². The molecule has 1 aromatic heterocycles. The molecule has 0 aliphatic carbocycles. The zero-order valence-corrected chi connectivity index (χ0v) is 16.3. The Bertz CT molecular complexity index is 903. The number of carbonyl (C=O) groups excluding carboxylic acids is 1. The number of aromatic nitrogens is 2. The second-order valence-electron chi connectivity index (χ2n) is 6.49. The van der Waals surface area contributed by atoms with Gasteiger partial charge in [-0.3, -0.25) is 9.36 Å². The van der Waals surface area contributed by atoms with Crippen LogP contribution in [-0.4, -0.2) is 34.5 Å². The molecule has 0 unspecified atom stereocenters. The van der Waals surface area contributed by atoms with Crippen LogP contribution in [0.25, 0.3) is 5.69 Å². The minimum Gasteiger partial charge on any atom is -0.348 e. The number of hydrogen-bond acceptors (Lipinski definition) is 3. The van der Waals surface area contributed by atoms with Gasteiger partial charge in [-0.05, 0) is 42.7 Å². The highest BCUT2D eigenvalue weighted by molar-refractivity contribution is 8.00. The van der Waals surface area contributed by atoms with Crippen molar-refractivity contribution in [3.05, 3.63) is 77.6 Å². The first-order chi connectivity index (χ1) is 12.5. The van der Waals surface area contributed by atoms with E-state index in [0.29, 0.717) is 0 Å². The highest BCUT2D eigenvalue weighted by Gasteiger charge is 2.25. The molecule has 0 aliphatic heterocycles. The Kier molecular flexibility index (Phi) is 5.47. The molecule has 4 nitrogen and oxygen atoms in total. The van der Waals surface area contributed by atoms with E-state index in [2.05, 4.69) is 37.0 Å². The highest BCUT2D eigenvalue weighted by atomic mass is 32.2. The lowest BCUT2D eigenvalue weighted by Crippen LogP contribution is -2.26. The van der Waals surface area contributed by atoms with Crippen LogP contribution in [0.4, 0.5) is 0 Å². The number of nitrogens with zero attached hydrogens (tertiary/aromatic N) is 3. The molecule has 2 aromatic carbocycles. The molecule has 5 heteroatoms. The SMILES string of the molecule is Cc1ccc(-n2ccnc2S[C@H](C(=O)N(C)C)c2ccccc2)cc1C. The smallest absolute Gasteiger partial charge is 0.240 e. The maximum Gasteiger partial charge on any atom is 0.240 e. The van der Waals surface area contributed by atoms with Gasteiger partial charge in [-0.2, -0.15) is 0 Å². The summed E-state index contributed by atoms with van der Waals surface area (Å²) in [6.45, 7) is 4.20. The molecule has 0 aliphatic rings. The van der Waals surface area contributed by atoms with Gasteiger partial charge in [-0.25, -0.2) is 4.98 Å². The standard InChI is InChI=1S/C21H23N3OS/c1-15-10-11-18(14-16(15)2)24-13-12-22-21(24)26-19(20(25)23(3)4)17-8-6-5-7-9-17/h5-14,19H,1-4H3/t19-/m0/s1. The van der Waals surface area contributed by atoms with Crippen molar-refractivity contribution in [3.63, 3.8) is 0 Å². The Morgan fingerprint density at radius 1 is 1.08 bits per heavy atom. The molecule has 0 saturated carbocycles. The fourth-order valence-electron chi connectivity index (χ4n) is 2.68. The van der Waals surface area contributed by atoms with Gasteiger partial charge >= 0.3 is 0 Å². The summed E-state index contributed by atoms with van der Waals surface area (Å²) in [4.78, 5) is 18.9. The maximum absolute atomic E-state index is 12.8. The van der Waals surface area contributed by atoms with Crippen molar-refractivity contribution in [1.29, 1.82) is 0 Å². The molecule has 0 saturated heterocycles. The Morgan fingerprint density at radius 2 is 1.81 bits per heavy atom. The third kappa shape index (κ3) is 3.83. The quantitative estimate of drug-likeness (QED) is 0.629. The number of imidazole rings is 1. The lowest BCUT2D eigenvalue weighted by atomic mass is 10.1. The third-order valence-corrected chi connectivity index (χ3v) is 5.59. The van der Waals surface area contributed by atoms with Crippen molar-refractivity contribution < 1.29 is 4.79 Å². The molecule has 0 N–H and O–H groups in total. The molecule has 0 spiro atoms. The van der Waals surface area contributed by atoms with Gasteiger partial charge in [0.2, 0.25) is 5.91 Å². The molecule has 3 rings (SSSR count). The van der Waals surface area contributed by atoms with Crippen LogP contribution in [-0.2, 0) is 4.79 Å². The summed E-state index contributed by atoms with van der Waals surface area (Å²) in [5, 5.41) is 0.469. The summed E-state index contributed by atoms with van der Waals surface area (Å²) in [6, 6.07) is 16.2. The van der Waals surface area contributed by atoms with E-state index in [0.717, 1.165) is 16.4 Å². The van der Waals surface area contributed by atoms with Crippen molar-refractivity contribution >= 4 is 17.7 Å². The molecular formula is C21H23N3OS. The predicted molar refractivity (Wildman–Crippen MR) is 107 cm³/mol. The zero-order valence-electron chi connectivity index (χ0n) is 15.5. The molecule has 1 atom stereocenters. The second kappa shape index (κ2) is 7.79. The monoisotopic (exact) mass is 365 g/mol. The Labute approximate surface area is 158 Å². The lowest BCUT2D eigenvalue weighted by molar-refractivity contribution is -0.128. The summed E-state index contributed by atoms with van der Waals surface area (Å²) < 4.78 is 2.04. The van der Waals surface area contributed by atoms with Crippen LogP contribution in [0.5, 0.6) is 0 Å². The lowest BCUT2D eigenvalue weighted by Gasteiger charge is -2.20. The average Bonchev–Trinajstić information content (AvgIpc) is 3.10. The summed E-state index contributed by atoms with van der Waals surface area (Å²) in [6.07, 6.45) is 3.72. The molecule has 0 radical (unpaired) electrons. The van der Waals surface area contributed by atoms with E-state index < -0.39 is 0 Å². The molecule has 3 aromatic rings. The molecule has 26 heavy (non-hydrogen) atoms. The molecular weight excluding hydrogens is 342 g/mol. The minimum absolute atomic E-state index is 0.0517. The van der Waals surface area contributed by atoms with E-state index in [9.17, 15) is 4.79 Å². The molecule has 1 amide bonds. The van der Waals surface area contributed by atoms with Crippen LogP contribution in [0.2, 0.25) is 0 Å². The number of amides is 1. The number of likely N-dealkylation sites (N-methyl/N-ethyl adjacent to an activating group) is 1. The fraction of sp³-hybridized carbons (Fsp3) is 0.238. The number of carbonyl (C=O) groups is 1. The fourth-order valence-corrected chi connectivity index (χ4v) is 3.89. The first-order valence-electron chi connectivity index (χ1n) is 8.51. The first kappa shape index (κ1) is 18.3. The Morgan fingerprint density at radius 3 is 2.46 bits per heavy atom. The van der Waals surface area contributed by atoms with Crippen molar-refractivity contribution in [2.75, 3.05) is 14.1 Å². The van der Waals surface area contributed by atoms with Gasteiger partial charge < -0.3 is 4.90 Å². The normalized spacial score (nSPS) is 12.0. The minimum atomic E-state index is -0.334. The van der Waals surface area contributed by atoms with Crippen molar-refractivity contribution in [2.45, 2.75) is 24.3 Å². The van der Waals surface area contributed by atoms with Crippen LogP contribution in [0.3, 0.4) is 0 Å². The maximum atomic E-state index is 12.8. The van der Waals surface area contributed by atoms with Crippen molar-refractivity contribution in [3.8, 4) is 5.69 Å². The summed E-state index contributed by atoms with van der Waals surface area (Å²) >= 11 is 1.48. The summed E-state index contributed by atoms with van der Waals surface area (Å²) in [7, 11) is 3.57. The van der Waals surface area contributed by atoms with Gasteiger partial charge in [-0.15, -0.1) is 0 Å². The van der Waals surface area contributed by atoms with Gasteiger partial charge in [-0.1, -0.05) is 48.2 Å². The zero-order chi connectivity index (χ0) is 18.7. The second-order valence-corrected chi connectivity index (χ2v) is 7.56. The van der Waals surface area contributed by atoms with E-state index >= 15 is 0 Å². The third-order valence-electron chi connectivity index (χ3n) is 4.37. The van der Waals surface area contributed by atoms with E-state index in [-0.39, 0.29) is 11.2 Å². The Balaban J connectivity index is 1.97. The summed E-state index contributed by atoms with van der Waals surface area (Å²) in [5.74, 6) is 0.0517. The molecule has 134 valence electrons. The number of aryl methyl sites for hydroxylation is 2. The van der Waals surface area contributed by atoms with Gasteiger partial charge in [0.05, 0.1) is 0 Å². The van der Waals surface area contributed by atoms with E-state index in [1.54, 1.807) is 25.2 Å². The van der Waals surface area contributed by atoms with Crippen LogP contribution >= 0.6 is 11.8 Å². The van der Waals surface area contributed by atoms with Crippen LogP contribution < -0.4 is 0 Å². The summed E-state index contributed by atoms with van der Waals surface area (Å²) in [5.41, 5.74) is 4.52. The van der Waals surface area contributed by atoms with E-state index in [4.69, 9.17) is 0 Å². The highest BCUT2D eigenvalue weighted by Crippen LogP contribution is 2.36. The van der Waals surface area contributed by atoms with Crippen LogP contribution in [0.15, 0.2) is 66.1 Å². The molecule has 0 bridgehead atoms. The molecule has 0 fully saturated rings. The van der Waals surface area contributed by atoms with Crippen molar-refractivity contribution in [1.82, 2.24) is 14.5 Å². The Hall–Kier alpha value is -2.53. The van der Waals surface area contributed by atoms with Crippen molar-refractivity contribution in [2.24, 2.45) is 0 Å². The number of rotatable bonds is 5. The average molecular weight is 366 g/mol. The number of benzene rings is 2. The van der Waals surface area contributed by atoms with Crippen LogP contribution in [0, 0.1) is 13.8 Å². The molecule has 1 heterocycles. The number of thioether (sulfide) groups is 1. The van der Waals surface area contributed by atoms with Gasteiger partial charge in [0.25, 0.3) is 0 Å². The van der Waals surface area contributed by atoms with E-state index in [1.165, 1.54) is 22.9 Å². The first-order valence-corrected chi connectivity index (χ1v) is 9.39. The van der Waals surface area contributed by atoms with E-state index in [1.807, 2.05) is 41.1 Å². The largest absolute Gasteiger partial charge is 0.348 e. The predicted octanol–water partition coefficient (Wildman–Crippen LogP) is 4.41. The number of hydrogen-bond donors (Lipinski definition) is 0.